The van der Waals surface area contributed by atoms with Gasteiger partial charge >= 0.3 is 0 Å². The van der Waals surface area contributed by atoms with E-state index in [2.05, 4.69) is 49.2 Å². The molecule has 0 unspecified atom stereocenters. The van der Waals surface area contributed by atoms with Crippen LogP contribution in [0.1, 0.15) is 11.3 Å². The molecule has 8 heteroatoms. The maximum Gasteiger partial charge on any atom is 0.180 e. The number of rotatable bonds is 3. The molecule has 0 amide bonds. The average molecular weight is 406 g/mol. The molecular weight excluding hydrogens is 388 g/mol. The second-order valence-electron chi connectivity index (χ2n) is 7.56. The molecule has 6 aromatic rings. The number of nitrogens with one attached hydrogen (secondary N) is 2. The van der Waals surface area contributed by atoms with Crippen LogP contribution in [0.4, 0.5) is 0 Å². The third kappa shape index (κ3) is 2.80. The lowest BCUT2D eigenvalue weighted by Crippen LogP contribution is -1.92. The molecule has 0 atom stereocenters. The molecule has 0 saturated heterocycles. The van der Waals surface area contributed by atoms with Gasteiger partial charge in [-0.25, -0.2) is 15.0 Å². The predicted molar refractivity (Wildman–Crippen MR) is 119 cm³/mol. The molecule has 0 aliphatic rings. The molecule has 31 heavy (non-hydrogen) atoms. The van der Waals surface area contributed by atoms with E-state index in [4.69, 9.17) is 4.98 Å². The SMILES string of the molecule is Cc1cn(-c2ccnc3nc(-c4n[nH]c5ccc(-c6cnccc6C)cc45)[nH]c23)cn1. The summed E-state index contributed by atoms with van der Waals surface area (Å²) in [6.07, 6.45) is 9.21. The number of H-pyrrole nitrogens is 2. The van der Waals surface area contributed by atoms with Crippen LogP contribution in [0, 0.1) is 13.8 Å². The maximum atomic E-state index is 4.72. The van der Waals surface area contributed by atoms with Crippen LogP contribution in [0.15, 0.2) is 61.4 Å². The number of aromatic amines is 2. The van der Waals surface area contributed by atoms with Crippen LogP contribution < -0.4 is 0 Å². The van der Waals surface area contributed by atoms with Gasteiger partial charge in [0, 0.05) is 35.7 Å². The number of aromatic nitrogens is 8. The van der Waals surface area contributed by atoms with Crippen molar-refractivity contribution < 1.29 is 0 Å². The largest absolute Gasteiger partial charge is 0.333 e. The van der Waals surface area contributed by atoms with Crippen molar-refractivity contribution in [1.82, 2.24) is 39.7 Å². The number of nitrogens with zero attached hydrogens (tertiary/aromatic N) is 6. The van der Waals surface area contributed by atoms with E-state index in [1.807, 2.05) is 42.1 Å². The van der Waals surface area contributed by atoms with Crippen molar-refractivity contribution in [2.75, 3.05) is 0 Å². The van der Waals surface area contributed by atoms with Crippen molar-refractivity contribution in [2.45, 2.75) is 13.8 Å². The van der Waals surface area contributed by atoms with E-state index in [0.717, 1.165) is 44.6 Å². The molecule has 150 valence electrons. The molecule has 0 radical (unpaired) electrons. The summed E-state index contributed by atoms with van der Waals surface area (Å²) in [7, 11) is 0. The highest BCUT2D eigenvalue weighted by Gasteiger charge is 2.16. The fourth-order valence-corrected chi connectivity index (χ4v) is 3.91. The van der Waals surface area contributed by atoms with E-state index >= 15 is 0 Å². The summed E-state index contributed by atoms with van der Waals surface area (Å²) in [5, 5.41) is 8.64. The van der Waals surface area contributed by atoms with Crippen molar-refractivity contribution in [3.8, 4) is 28.3 Å². The minimum atomic E-state index is 0.634. The van der Waals surface area contributed by atoms with Gasteiger partial charge in [-0.1, -0.05) is 6.07 Å². The van der Waals surface area contributed by atoms with Gasteiger partial charge in [0.05, 0.1) is 23.2 Å². The Balaban J connectivity index is 1.52. The molecular formula is C23H18N8. The van der Waals surface area contributed by atoms with E-state index in [1.165, 1.54) is 5.56 Å². The van der Waals surface area contributed by atoms with Gasteiger partial charge in [-0.3, -0.25) is 10.1 Å². The van der Waals surface area contributed by atoms with Crippen LogP contribution in [0.3, 0.4) is 0 Å². The Hall–Kier alpha value is -4.33. The van der Waals surface area contributed by atoms with E-state index in [9.17, 15) is 0 Å². The highest BCUT2D eigenvalue weighted by Crippen LogP contribution is 2.31. The van der Waals surface area contributed by atoms with Crippen LogP contribution in [0.2, 0.25) is 0 Å². The van der Waals surface area contributed by atoms with Gasteiger partial charge in [0.15, 0.2) is 11.5 Å². The lowest BCUT2D eigenvalue weighted by atomic mass is 10.0. The summed E-state index contributed by atoms with van der Waals surface area (Å²) in [6.45, 7) is 4.05. The van der Waals surface area contributed by atoms with Crippen LogP contribution in [0.5, 0.6) is 0 Å². The first-order valence-corrected chi connectivity index (χ1v) is 9.92. The van der Waals surface area contributed by atoms with Crippen LogP contribution >= 0.6 is 0 Å². The Kier molecular flexibility index (Phi) is 3.73. The molecule has 2 N–H and O–H groups in total. The first-order valence-electron chi connectivity index (χ1n) is 9.92. The zero-order valence-electron chi connectivity index (χ0n) is 17.0. The topological polar surface area (TPSA) is 101 Å². The van der Waals surface area contributed by atoms with E-state index in [0.29, 0.717) is 11.5 Å². The highest BCUT2D eigenvalue weighted by molar-refractivity contribution is 5.96. The van der Waals surface area contributed by atoms with Gasteiger partial charge in [0.2, 0.25) is 0 Å². The second kappa shape index (κ2) is 6.60. The van der Waals surface area contributed by atoms with Crippen LogP contribution in [0.25, 0.3) is 50.4 Å². The Morgan fingerprint density at radius 2 is 1.94 bits per heavy atom. The lowest BCUT2D eigenvalue weighted by Gasteiger charge is -2.05. The minimum absolute atomic E-state index is 0.634. The molecule has 5 aromatic heterocycles. The normalized spacial score (nSPS) is 11.5. The molecule has 1 aromatic carbocycles. The first-order chi connectivity index (χ1) is 15.2. The van der Waals surface area contributed by atoms with E-state index in [1.54, 1.807) is 18.7 Å². The molecule has 0 bridgehead atoms. The molecule has 0 spiro atoms. The van der Waals surface area contributed by atoms with Crippen molar-refractivity contribution in [1.29, 1.82) is 0 Å². The van der Waals surface area contributed by atoms with Crippen molar-refractivity contribution in [2.24, 2.45) is 0 Å². The monoisotopic (exact) mass is 406 g/mol. The maximum absolute atomic E-state index is 4.72. The van der Waals surface area contributed by atoms with Gasteiger partial charge in [-0.05, 0) is 49.2 Å². The molecule has 6 rings (SSSR count). The summed E-state index contributed by atoms with van der Waals surface area (Å²) < 4.78 is 1.97. The highest BCUT2D eigenvalue weighted by atomic mass is 15.1. The summed E-state index contributed by atoms with van der Waals surface area (Å²) in [5.74, 6) is 0.665. The van der Waals surface area contributed by atoms with Gasteiger partial charge in [0.1, 0.15) is 11.2 Å². The second-order valence-corrected chi connectivity index (χ2v) is 7.56. The van der Waals surface area contributed by atoms with E-state index < -0.39 is 0 Å². The number of aryl methyl sites for hydroxylation is 2. The Labute approximate surface area is 177 Å². The van der Waals surface area contributed by atoms with Crippen molar-refractivity contribution >= 4 is 22.1 Å². The lowest BCUT2D eigenvalue weighted by molar-refractivity contribution is 1.06. The zero-order chi connectivity index (χ0) is 20.9. The van der Waals surface area contributed by atoms with Crippen molar-refractivity contribution in [3.63, 3.8) is 0 Å². The predicted octanol–water partition coefficient (Wildman–Crippen LogP) is 4.37. The summed E-state index contributed by atoms with van der Waals surface area (Å²) in [4.78, 5) is 21.2. The fourth-order valence-electron chi connectivity index (χ4n) is 3.91. The zero-order valence-corrected chi connectivity index (χ0v) is 17.0. The molecule has 0 aliphatic heterocycles. The molecule has 0 fully saturated rings. The fraction of sp³-hybridized carbons (Fsp3) is 0.0870. The quantitative estimate of drug-likeness (QED) is 0.455. The summed E-state index contributed by atoms with van der Waals surface area (Å²) in [6, 6.07) is 10.2. The van der Waals surface area contributed by atoms with Crippen molar-refractivity contribution in [3.05, 3.63) is 72.7 Å². The van der Waals surface area contributed by atoms with E-state index in [-0.39, 0.29) is 0 Å². The summed E-state index contributed by atoms with van der Waals surface area (Å²) >= 11 is 0. The third-order valence-electron chi connectivity index (χ3n) is 5.50. The third-order valence-corrected chi connectivity index (χ3v) is 5.50. The number of hydrogen-bond donors (Lipinski definition) is 2. The Bertz CT molecular complexity index is 1570. The number of imidazole rings is 2. The number of benzene rings is 1. The van der Waals surface area contributed by atoms with Crippen LogP contribution in [-0.4, -0.2) is 39.7 Å². The number of pyridine rings is 2. The van der Waals surface area contributed by atoms with Gasteiger partial charge in [-0.15, -0.1) is 0 Å². The molecule has 0 saturated carbocycles. The summed E-state index contributed by atoms with van der Waals surface area (Å²) in [5.41, 5.74) is 8.41. The van der Waals surface area contributed by atoms with Gasteiger partial charge in [0.25, 0.3) is 0 Å². The standard InChI is InChI=1S/C23H18N8/c1-13-5-7-24-10-17(13)15-3-4-18-16(9-15)20(30-29-18)23-27-21-19(6-8-25-22(21)28-23)31-11-14(2)26-12-31/h3-12H,1-2H3,(H,29,30)(H,25,27,28). The van der Waals surface area contributed by atoms with Gasteiger partial charge in [-0.2, -0.15) is 5.10 Å². The Morgan fingerprint density at radius 3 is 2.77 bits per heavy atom. The molecule has 8 nitrogen and oxygen atoms in total. The molecule has 5 heterocycles. The molecule has 0 aliphatic carbocycles. The van der Waals surface area contributed by atoms with Crippen LogP contribution in [-0.2, 0) is 0 Å². The smallest absolute Gasteiger partial charge is 0.180 e. The first kappa shape index (κ1) is 17.5. The number of fused-ring (bicyclic) bond motifs is 2. The van der Waals surface area contributed by atoms with Gasteiger partial charge < -0.3 is 9.55 Å². The number of hydrogen-bond acceptors (Lipinski definition) is 5. The average Bonchev–Trinajstić information content (AvgIpc) is 3.50. The minimum Gasteiger partial charge on any atom is -0.333 e. The Morgan fingerprint density at radius 1 is 1.00 bits per heavy atom.